The molecule has 150 valence electrons. The van der Waals surface area contributed by atoms with Crippen LogP contribution in [-0.2, 0) is 0 Å². The lowest BCUT2D eigenvalue weighted by molar-refractivity contribution is 0.235. The maximum absolute atomic E-state index is 12.0. The van der Waals surface area contributed by atoms with Crippen molar-refractivity contribution < 1.29 is 14.3 Å². The van der Waals surface area contributed by atoms with Gasteiger partial charge in [0.25, 0.3) is 0 Å². The van der Waals surface area contributed by atoms with Gasteiger partial charge >= 0.3 is 6.03 Å². The van der Waals surface area contributed by atoms with Crippen LogP contribution in [0, 0.1) is 5.92 Å². The highest BCUT2D eigenvalue weighted by molar-refractivity contribution is 6.30. The summed E-state index contributed by atoms with van der Waals surface area (Å²) in [6.45, 7) is 3.38. The Morgan fingerprint density at radius 3 is 2.82 bits per heavy atom. The van der Waals surface area contributed by atoms with Crippen LogP contribution in [0.4, 0.5) is 10.5 Å². The maximum atomic E-state index is 12.0. The number of anilines is 1. The number of amides is 2. The van der Waals surface area contributed by atoms with Crippen LogP contribution < -0.4 is 25.0 Å². The molecule has 1 aliphatic rings. The molecule has 0 aromatic heterocycles. The quantitative estimate of drug-likeness (QED) is 0.661. The van der Waals surface area contributed by atoms with Gasteiger partial charge in [-0.15, -0.1) is 0 Å². The van der Waals surface area contributed by atoms with Gasteiger partial charge in [0, 0.05) is 36.4 Å². The summed E-state index contributed by atoms with van der Waals surface area (Å²) in [4.78, 5) is 14.3. The lowest BCUT2D eigenvalue weighted by Gasteiger charge is -2.19. The minimum absolute atomic E-state index is 0.172. The molecule has 2 aromatic carbocycles. The smallest absolute Gasteiger partial charge is 0.314 e. The highest BCUT2D eigenvalue weighted by atomic mass is 35.5. The highest BCUT2D eigenvalue weighted by Gasteiger charge is 2.23. The fourth-order valence-electron chi connectivity index (χ4n) is 3.23. The number of benzene rings is 2. The van der Waals surface area contributed by atoms with Gasteiger partial charge < -0.3 is 25.0 Å². The van der Waals surface area contributed by atoms with E-state index in [1.165, 1.54) is 0 Å². The predicted molar refractivity (Wildman–Crippen MR) is 112 cm³/mol. The van der Waals surface area contributed by atoms with Crippen molar-refractivity contribution in [3.8, 4) is 11.5 Å². The van der Waals surface area contributed by atoms with Crippen LogP contribution in [0.5, 0.6) is 11.5 Å². The molecular weight excluding hydrogens is 378 g/mol. The molecule has 2 aromatic rings. The first kappa shape index (κ1) is 20.1. The third kappa shape index (κ3) is 5.96. The van der Waals surface area contributed by atoms with Gasteiger partial charge in [-0.25, -0.2) is 4.79 Å². The average molecular weight is 404 g/mol. The molecule has 1 fully saturated rings. The molecule has 6 nitrogen and oxygen atoms in total. The summed E-state index contributed by atoms with van der Waals surface area (Å²) in [7, 11) is 1.68. The largest absolute Gasteiger partial charge is 0.497 e. The molecule has 7 heteroatoms. The molecule has 0 bridgehead atoms. The fourth-order valence-corrected chi connectivity index (χ4v) is 3.41. The second kappa shape index (κ2) is 10.1. The predicted octanol–water partition coefficient (Wildman–Crippen LogP) is 3.55. The number of urea groups is 1. The number of hydrogen-bond donors (Lipinski definition) is 2. The van der Waals surface area contributed by atoms with Gasteiger partial charge in [0.05, 0.1) is 13.7 Å². The molecule has 0 aliphatic carbocycles. The molecule has 1 unspecified atom stereocenters. The van der Waals surface area contributed by atoms with Crippen LogP contribution >= 0.6 is 11.6 Å². The van der Waals surface area contributed by atoms with E-state index in [4.69, 9.17) is 21.1 Å². The number of methoxy groups -OCH3 is 1. The summed E-state index contributed by atoms with van der Waals surface area (Å²) in [6.07, 6.45) is 1.05. The van der Waals surface area contributed by atoms with E-state index in [0.29, 0.717) is 36.4 Å². The van der Waals surface area contributed by atoms with Crippen molar-refractivity contribution >= 4 is 23.3 Å². The molecule has 1 aliphatic heterocycles. The number of rotatable bonds is 8. The topological polar surface area (TPSA) is 62.8 Å². The average Bonchev–Trinajstić information content (AvgIpc) is 3.19. The molecule has 28 heavy (non-hydrogen) atoms. The van der Waals surface area contributed by atoms with Crippen LogP contribution in [0.2, 0.25) is 5.02 Å². The Labute approximate surface area is 170 Å². The fraction of sp³-hybridized carbons (Fsp3) is 0.381. The molecule has 3 rings (SSSR count). The lowest BCUT2D eigenvalue weighted by Crippen LogP contribution is -2.40. The highest BCUT2D eigenvalue weighted by Crippen LogP contribution is 2.26. The van der Waals surface area contributed by atoms with Crippen LogP contribution in [-0.4, -0.2) is 45.9 Å². The second-order valence-electron chi connectivity index (χ2n) is 6.74. The summed E-state index contributed by atoms with van der Waals surface area (Å²) >= 11 is 5.91. The van der Waals surface area contributed by atoms with Gasteiger partial charge in [0.1, 0.15) is 18.1 Å². The summed E-state index contributed by atoms with van der Waals surface area (Å²) < 4.78 is 10.8. The van der Waals surface area contributed by atoms with Crippen molar-refractivity contribution in [1.29, 1.82) is 0 Å². The van der Waals surface area contributed by atoms with Gasteiger partial charge in [0.2, 0.25) is 0 Å². The Morgan fingerprint density at radius 1 is 1.18 bits per heavy atom. The molecule has 2 amide bonds. The number of nitrogens with zero attached hydrogens (tertiary/aromatic N) is 1. The minimum atomic E-state index is -0.172. The number of hydrogen-bond acceptors (Lipinski definition) is 4. The lowest BCUT2D eigenvalue weighted by atomic mass is 10.1. The van der Waals surface area contributed by atoms with E-state index < -0.39 is 0 Å². The van der Waals surface area contributed by atoms with E-state index in [1.54, 1.807) is 19.2 Å². The first-order valence-corrected chi connectivity index (χ1v) is 9.81. The van der Waals surface area contributed by atoms with Crippen molar-refractivity contribution in [2.75, 3.05) is 44.8 Å². The van der Waals surface area contributed by atoms with Crippen molar-refractivity contribution in [3.63, 3.8) is 0 Å². The van der Waals surface area contributed by atoms with Crippen LogP contribution in [0.15, 0.2) is 48.5 Å². The molecule has 1 heterocycles. The number of carbonyl (C=O) groups is 1. The van der Waals surface area contributed by atoms with Crippen LogP contribution in [0.1, 0.15) is 6.42 Å². The van der Waals surface area contributed by atoms with E-state index in [-0.39, 0.29) is 6.03 Å². The zero-order valence-electron chi connectivity index (χ0n) is 16.0. The van der Waals surface area contributed by atoms with E-state index in [0.717, 1.165) is 30.9 Å². The SMILES string of the molecule is COc1cccc(N2CCC(CNC(=O)NCCOc3cccc(Cl)c3)C2)c1. The third-order valence-electron chi connectivity index (χ3n) is 4.71. The molecule has 2 N–H and O–H groups in total. The molecule has 0 saturated carbocycles. The van der Waals surface area contributed by atoms with Crippen LogP contribution in [0.3, 0.4) is 0 Å². The van der Waals surface area contributed by atoms with E-state index in [9.17, 15) is 4.79 Å². The number of carbonyl (C=O) groups excluding carboxylic acids is 1. The van der Waals surface area contributed by atoms with Crippen molar-refractivity contribution in [2.45, 2.75) is 6.42 Å². The van der Waals surface area contributed by atoms with Gasteiger partial charge in [-0.1, -0.05) is 23.7 Å². The van der Waals surface area contributed by atoms with Gasteiger partial charge in [0.15, 0.2) is 0 Å². The number of nitrogens with one attached hydrogen (secondary N) is 2. The molecule has 1 saturated heterocycles. The van der Waals surface area contributed by atoms with E-state index >= 15 is 0 Å². The first-order chi connectivity index (χ1) is 13.6. The van der Waals surface area contributed by atoms with Crippen molar-refractivity contribution in [3.05, 3.63) is 53.6 Å². The zero-order chi connectivity index (χ0) is 19.8. The summed E-state index contributed by atoms with van der Waals surface area (Å²) in [5.74, 6) is 1.98. The van der Waals surface area contributed by atoms with Crippen molar-refractivity contribution in [1.82, 2.24) is 10.6 Å². The second-order valence-corrected chi connectivity index (χ2v) is 7.18. The standard InChI is InChI=1S/C21H26ClN3O3/c1-27-19-6-3-5-18(13-19)25-10-8-16(15-25)14-24-21(26)23-9-11-28-20-7-2-4-17(22)12-20/h2-7,12-13,16H,8-11,14-15H2,1H3,(H2,23,24,26). The molecular formula is C21H26ClN3O3. The monoisotopic (exact) mass is 403 g/mol. The van der Waals surface area contributed by atoms with Gasteiger partial charge in [-0.05, 0) is 42.7 Å². The Bertz CT molecular complexity index is 787. The number of halogens is 1. The summed E-state index contributed by atoms with van der Waals surface area (Å²) in [5, 5.41) is 6.39. The van der Waals surface area contributed by atoms with Gasteiger partial charge in [-0.2, -0.15) is 0 Å². The Kier molecular flexibility index (Phi) is 7.25. The van der Waals surface area contributed by atoms with E-state index in [1.807, 2.05) is 30.3 Å². The molecule has 1 atom stereocenters. The van der Waals surface area contributed by atoms with E-state index in [2.05, 4.69) is 21.6 Å². The minimum Gasteiger partial charge on any atom is -0.497 e. The maximum Gasteiger partial charge on any atom is 0.314 e. The Balaban J connectivity index is 1.32. The summed E-state index contributed by atoms with van der Waals surface area (Å²) in [5.41, 5.74) is 1.16. The zero-order valence-corrected chi connectivity index (χ0v) is 16.7. The molecule has 0 spiro atoms. The van der Waals surface area contributed by atoms with Crippen molar-refractivity contribution in [2.24, 2.45) is 5.92 Å². The Morgan fingerprint density at radius 2 is 2.00 bits per heavy atom. The normalized spacial score (nSPS) is 15.9. The van der Waals surface area contributed by atoms with Gasteiger partial charge in [-0.3, -0.25) is 0 Å². The third-order valence-corrected chi connectivity index (χ3v) is 4.94. The van der Waals surface area contributed by atoms with Crippen LogP contribution in [0.25, 0.3) is 0 Å². The molecule has 0 radical (unpaired) electrons. The first-order valence-electron chi connectivity index (χ1n) is 9.43. The summed E-state index contributed by atoms with van der Waals surface area (Å²) in [6, 6.07) is 15.1. The Hall–Kier alpha value is -2.60. The number of ether oxygens (including phenoxy) is 2.